The van der Waals surface area contributed by atoms with Gasteiger partial charge in [0.15, 0.2) is 5.78 Å². The summed E-state index contributed by atoms with van der Waals surface area (Å²) in [4.78, 5) is 24.9. The lowest BCUT2D eigenvalue weighted by Crippen LogP contribution is -2.48. The Balaban J connectivity index is 1.56. The van der Waals surface area contributed by atoms with Gasteiger partial charge in [-0.1, -0.05) is 48.5 Å². The van der Waals surface area contributed by atoms with Gasteiger partial charge in [0.2, 0.25) is 10.0 Å². The molecule has 0 spiro atoms. The minimum atomic E-state index is -3.76. The van der Waals surface area contributed by atoms with E-state index in [-0.39, 0.29) is 23.7 Å². The number of benzene rings is 2. The van der Waals surface area contributed by atoms with Crippen LogP contribution in [0.3, 0.4) is 0 Å². The van der Waals surface area contributed by atoms with Crippen molar-refractivity contribution >= 4 is 21.8 Å². The summed E-state index contributed by atoms with van der Waals surface area (Å²) in [6, 6.07) is 16.3. The topological polar surface area (TPSA) is 80.8 Å². The predicted molar refractivity (Wildman–Crippen MR) is 109 cm³/mol. The second-order valence-corrected chi connectivity index (χ2v) is 8.89. The predicted octanol–water partition coefficient (Wildman–Crippen LogP) is 3.44. The summed E-state index contributed by atoms with van der Waals surface area (Å²) in [6.07, 6.45) is 2.59. The fraction of sp³-hybridized carbons (Fsp3) is 0.364. The second kappa shape index (κ2) is 9.80. The number of nitrogens with zero attached hydrogens (tertiary/aromatic N) is 1. The molecule has 0 aromatic heterocycles. The van der Waals surface area contributed by atoms with Gasteiger partial charge < -0.3 is 4.74 Å². The summed E-state index contributed by atoms with van der Waals surface area (Å²) >= 11 is 0. The van der Waals surface area contributed by atoms with Crippen LogP contribution in [0.4, 0.5) is 0 Å². The van der Waals surface area contributed by atoms with Gasteiger partial charge in [0, 0.05) is 18.5 Å². The van der Waals surface area contributed by atoms with Crippen LogP contribution < -0.4 is 0 Å². The first-order valence-corrected chi connectivity index (χ1v) is 11.3. The zero-order chi connectivity index (χ0) is 20.7. The number of piperidine rings is 1. The van der Waals surface area contributed by atoms with Crippen LogP contribution in [0.1, 0.15) is 42.5 Å². The van der Waals surface area contributed by atoms with Crippen molar-refractivity contribution in [2.45, 2.75) is 43.0 Å². The maximum absolute atomic E-state index is 13.0. The summed E-state index contributed by atoms with van der Waals surface area (Å²) in [5, 5.41) is 0. The first-order valence-electron chi connectivity index (χ1n) is 9.82. The Hall–Kier alpha value is -2.51. The van der Waals surface area contributed by atoms with E-state index in [1.165, 1.54) is 16.4 Å². The molecule has 0 saturated carbocycles. The quantitative estimate of drug-likeness (QED) is 0.375. The first kappa shape index (κ1) is 21.2. The molecule has 1 atom stereocenters. The molecule has 7 heteroatoms. The zero-order valence-corrected chi connectivity index (χ0v) is 17.0. The standard InChI is InChI=1S/C22H25NO5S/c24-21(18-10-3-1-4-11-18)15-9-17-28-22(25)20-14-7-8-16-23(20)29(26,27)19-12-5-2-6-13-19/h1-6,10-13,20H,7-9,14-17H2. The smallest absolute Gasteiger partial charge is 0.324 e. The van der Waals surface area contributed by atoms with Gasteiger partial charge in [0.05, 0.1) is 11.5 Å². The summed E-state index contributed by atoms with van der Waals surface area (Å²) in [5.41, 5.74) is 0.631. The van der Waals surface area contributed by atoms with Crippen molar-refractivity contribution in [1.29, 1.82) is 0 Å². The molecule has 2 aromatic rings. The van der Waals surface area contributed by atoms with E-state index in [4.69, 9.17) is 4.74 Å². The van der Waals surface area contributed by atoms with Gasteiger partial charge in [-0.05, 0) is 37.8 Å². The number of carbonyl (C=O) groups excluding carboxylic acids is 2. The number of carbonyl (C=O) groups is 2. The van der Waals surface area contributed by atoms with E-state index in [0.717, 1.165) is 6.42 Å². The van der Waals surface area contributed by atoms with Crippen molar-refractivity contribution in [3.8, 4) is 0 Å². The molecule has 0 bridgehead atoms. The van der Waals surface area contributed by atoms with Crippen LogP contribution in [0.2, 0.25) is 0 Å². The fourth-order valence-corrected chi connectivity index (χ4v) is 5.09. The average molecular weight is 416 g/mol. The van der Waals surface area contributed by atoms with Gasteiger partial charge in [0.1, 0.15) is 6.04 Å². The van der Waals surface area contributed by atoms with Crippen LogP contribution in [-0.2, 0) is 19.6 Å². The molecule has 3 rings (SSSR count). The Morgan fingerprint density at radius 1 is 0.966 bits per heavy atom. The highest BCUT2D eigenvalue weighted by Crippen LogP contribution is 2.26. The van der Waals surface area contributed by atoms with Crippen LogP contribution in [0, 0.1) is 0 Å². The molecule has 0 N–H and O–H groups in total. The number of rotatable bonds is 8. The molecule has 1 aliphatic heterocycles. The number of hydrogen-bond donors (Lipinski definition) is 0. The van der Waals surface area contributed by atoms with Crippen molar-refractivity contribution < 1.29 is 22.7 Å². The first-order chi connectivity index (χ1) is 14.0. The fourth-order valence-electron chi connectivity index (χ4n) is 3.43. The van der Waals surface area contributed by atoms with Gasteiger partial charge in [0.25, 0.3) is 0 Å². The van der Waals surface area contributed by atoms with Crippen LogP contribution in [-0.4, -0.2) is 43.7 Å². The minimum Gasteiger partial charge on any atom is -0.464 e. The molecule has 154 valence electrons. The molecule has 0 radical (unpaired) electrons. The van der Waals surface area contributed by atoms with Gasteiger partial charge in [-0.25, -0.2) is 8.42 Å². The highest BCUT2D eigenvalue weighted by atomic mass is 32.2. The Kier molecular flexibility index (Phi) is 7.17. The van der Waals surface area contributed by atoms with Crippen LogP contribution in [0.5, 0.6) is 0 Å². The molecule has 1 saturated heterocycles. The maximum Gasteiger partial charge on any atom is 0.324 e. The Morgan fingerprint density at radius 3 is 2.31 bits per heavy atom. The van der Waals surface area contributed by atoms with Gasteiger partial charge >= 0.3 is 5.97 Å². The van der Waals surface area contributed by atoms with Crippen molar-refractivity contribution in [2.24, 2.45) is 0 Å². The number of ether oxygens (including phenoxy) is 1. The molecule has 0 amide bonds. The number of Topliss-reactive ketones (excluding diaryl/α,β-unsaturated/α-hetero) is 1. The van der Waals surface area contributed by atoms with Crippen LogP contribution in [0.15, 0.2) is 65.6 Å². The number of hydrogen-bond acceptors (Lipinski definition) is 5. The largest absolute Gasteiger partial charge is 0.464 e. The molecular formula is C22H25NO5S. The Bertz CT molecular complexity index is 928. The van der Waals surface area contributed by atoms with E-state index in [1.54, 1.807) is 42.5 Å². The van der Waals surface area contributed by atoms with Crippen molar-refractivity contribution in [1.82, 2.24) is 4.31 Å². The summed E-state index contributed by atoms with van der Waals surface area (Å²) in [7, 11) is -3.76. The van der Waals surface area contributed by atoms with E-state index >= 15 is 0 Å². The lowest BCUT2D eigenvalue weighted by atomic mass is 10.1. The third-order valence-corrected chi connectivity index (χ3v) is 6.89. The zero-order valence-electron chi connectivity index (χ0n) is 16.2. The molecule has 1 heterocycles. The van der Waals surface area contributed by atoms with Crippen LogP contribution in [0.25, 0.3) is 0 Å². The normalized spacial score (nSPS) is 17.6. The second-order valence-electron chi connectivity index (χ2n) is 7.00. The monoisotopic (exact) mass is 415 g/mol. The average Bonchev–Trinajstić information content (AvgIpc) is 2.77. The van der Waals surface area contributed by atoms with Gasteiger partial charge in [-0.3, -0.25) is 9.59 Å². The molecule has 2 aromatic carbocycles. The van der Waals surface area contributed by atoms with Gasteiger partial charge in [-0.15, -0.1) is 0 Å². The van der Waals surface area contributed by atoms with Crippen molar-refractivity contribution in [2.75, 3.05) is 13.2 Å². The molecule has 1 aliphatic rings. The van der Waals surface area contributed by atoms with E-state index in [2.05, 4.69) is 0 Å². The maximum atomic E-state index is 13.0. The van der Waals surface area contributed by atoms with Crippen LogP contribution >= 0.6 is 0 Å². The highest BCUT2D eigenvalue weighted by molar-refractivity contribution is 7.89. The minimum absolute atomic E-state index is 0.00685. The lowest BCUT2D eigenvalue weighted by Gasteiger charge is -2.33. The molecule has 0 aliphatic carbocycles. The molecule has 29 heavy (non-hydrogen) atoms. The van der Waals surface area contributed by atoms with E-state index < -0.39 is 22.0 Å². The third-order valence-electron chi connectivity index (χ3n) is 4.96. The van der Waals surface area contributed by atoms with Crippen molar-refractivity contribution in [3.63, 3.8) is 0 Å². The number of sulfonamides is 1. The van der Waals surface area contributed by atoms with Crippen molar-refractivity contribution in [3.05, 3.63) is 66.2 Å². The summed E-state index contributed by atoms with van der Waals surface area (Å²) in [6.45, 7) is 0.386. The summed E-state index contributed by atoms with van der Waals surface area (Å²) in [5.74, 6) is -0.552. The number of esters is 1. The lowest BCUT2D eigenvalue weighted by molar-refractivity contribution is -0.149. The third kappa shape index (κ3) is 5.31. The van der Waals surface area contributed by atoms with E-state index in [1.807, 2.05) is 6.07 Å². The SMILES string of the molecule is O=C(CCCOC(=O)C1CCCCN1S(=O)(=O)c1ccccc1)c1ccccc1. The number of ketones is 1. The highest BCUT2D eigenvalue weighted by Gasteiger charge is 2.38. The Labute approximate surface area is 171 Å². The van der Waals surface area contributed by atoms with E-state index in [0.29, 0.717) is 31.4 Å². The molecule has 1 unspecified atom stereocenters. The summed E-state index contributed by atoms with van der Waals surface area (Å²) < 4.78 is 32.5. The van der Waals surface area contributed by atoms with E-state index in [9.17, 15) is 18.0 Å². The molecule has 6 nitrogen and oxygen atoms in total. The van der Waals surface area contributed by atoms with Gasteiger partial charge in [-0.2, -0.15) is 4.31 Å². The molecule has 1 fully saturated rings. The molecular weight excluding hydrogens is 390 g/mol. The Morgan fingerprint density at radius 2 is 1.62 bits per heavy atom.